The first-order chi connectivity index (χ1) is 8.08. The maximum Gasteiger partial charge on any atom is 0.253 e. The zero-order chi connectivity index (χ0) is 12.4. The molecule has 2 aromatic rings. The first-order valence-corrected chi connectivity index (χ1v) is 5.21. The van der Waals surface area contributed by atoms with Gasteiger partial charge in [0.05, 0.1) is 5.69 Å². The van der Waals surface area contributed by atoms with E-state index in [0.29, 0.717) is 11.4 Å². The minimum Gasteiger partial charge on any atom is -0.382 e. The molecule has 0 radical (unpaired) electrons. The predicted octanol–water partition coefficient (Wildman–Crippen LogP) is 1.36. The van der Waals surface area contributed by atoms with Crippen LogP contribution in [0.15, 0.2) is 30.3 Å². The number of anilines is 1. The molecule has 0 unspecified atom stereocenters. The van der Waals surface area contributed by atoms with E-state index in [1.54, 1.807) is 37.2 Å². The number of benzene rings is 1. The average Bonchev–Trinajstić information content (AvgIpc) is 2.75. The third kappa shape index (κ3) is 2.28. The third-order valence-electron chi connectivity index (χ3n) is 2.45. The fourth-order valence-electron chi connectivity index (χ4n) is 1.54. The first-order valence-electron chi connectivity index (χ1n) is 5.21. The molecule has 0 aliphatic carbocycles. The number of aromatic amines is 1. The quantitative estimate of drug-likeness (QED) is 0.818. The molecule has 17 heavy (non-hydrogen) atoms. The molecule has 0 saturated heterocycles. The van der Waals surface area contributed by atoms with Crippen molar-refractivity contribution in [3.8, 4) is 11.3 Å². The molecule has 88 valence electrons. The summed E-state index contributed by atoms with van der Waals surface area (Å²) in [5.74, 6) is 0.439. The number of nitrogens with two attached hydrogens (primary N) is 1. The number of carbonyl (C=O) groups excluding carboxylic acids is 1. The molecule has 1 aromatic carbocycles. The number of rotatable bonds is 2. The Morgan fingerprint density at radius 2 is 1.94 bits per heavy atom. The summed E-state index contributed by atoms with van der Waals surface area (Å²) < 4.78 is 0. The lowest BCUT2D eigenvalue weighted by Gasteiger charge is -2.10. The highest BCUT2D eigenvalue weighted by Gasteiger charge is 2.08. The van der Waals surface area contributed by atoms with Crippen molar-refractivity contribution in [3.05, 3.63) is 35.9 Å². The summed E-state index contributed by atoms with van der Waals surface area (Å²) in [5.41, 5.74) is 7.98. The second kappa shape index (κ2) is 4.29. The number of hydrogen-bond donors (Lipinski definition) is 2. The van der Waals surface area contributed by atoms with E-state index in [-0.39, 0.29) is 5.91 Å². The van der Waals surface area contributed by atoms with E-state index in [9.17, 15) is 4.79 Å². The van der Waals surface area contributed by atoms with E-state index in [4.69, 9.17) is 5.73 Å². The van der Waals surface area contributed by atoms with Gasteiger partial charge in [-0.25, -0.2) is 0 Å². The maximum atomic E-state index is 11.7. The molecule has 0 spiro atoms. The molecule has 0 atom stereocenters. The van der Waals surface area contributed by atoms with Crippen LogP contribution in [0.25, 0.3) is 11.3 Å². The van der Waals surface area contributed by atoms with Gasteiger partial charge < -0.3 is 10.6 Å². The lowest BCUT2D eigenvalue weighted by atomic mass is 10.1. The zero-order valence-corrected chi connectivity index (χ0v) is 9.77. The SMILES string of the molecule is CN(C)C(=O)c1ccc(-c2cc(N)n[nH]2)cc1. The summed E-state index contributed by atoms with van der Waals surface area (Å²) in [7, 11) is 3.46. The number of H-pyrrole nitrogens is 1. The summed E-state index contributed by atoms with van der Waals surface area (Å²) in [6.07, 6.45) is 0. The van der Waals surface area contributed by atoms with Crippen molar-refractivity contribution < 1.29 is 4.79 Å². The Kier molecular flexibility index (Phi) is 2.82. The minimum atomic E-state index is -0.0133. The van der Waals surface area contributed by atoms with Crippen LogP contribution in [0.2, 0.25) is 0 Å². The summed E-state index contributed by atoms with van der Waals surface area (Å²) >= 11 is 0. The molecule has 3 N–H and O–H groups in total. The number of nitrogens with zero attached hydrogens (tertiary/aromatic N) is 2. The normalized spacial score (nSPS) is 10.2. The zero-order valence-electron chi connectivity index (χ0n) is 9.77. The molecule has 0 aliphatic rings. The average molecular weight is 230 g/mol. The molecule has 0 saturated carbocycles. The Morgan fingerprint density at radius 1 is 1.29 bits per heavy atom. The van der Waals surface area contributed by atoms with Crippen LogP contribution in [-0.2, 0) is 0 Å². The fourth-order valence-corrected chi connectivity index (χ4v) is 1.54. The molecule has 0 aliphatic heterocycles. The Bertz CT molecular complexity index is 528. The Labute approximate surface area is 99.2 Å². The summed E-state index contributed by atoms with van der Waals surface area (Å²) in [5, 5.41) is 6.68. The molecule has 0 bridgehead atoms. The van der Waals surface area contributed by atoms with Crippen LogP contribution in [-0.4, -0.2) is 35.1 Å². The van der Waals surface area contributed by atoms with Crippen LogP contribution in [0.1, 0.15) is 10.4 Å². The summed E-state index contributed by atoms with van der Waals surface area (Å²) in [4.78, 5) is 13.2. The van der Waals surface area contributed by atoms with E-state index in [1.165, 1.54) is 0 Å². The molecule has 1 amide bonds. The molecule has 1 aromatic heterocycles. The highest BCUT2D eigenvalue weighted by atomic mass is 16.2. The standard InChI is InChI=1S/C12H14N4O/c1-16(2)12(17)9-5-3-8(4-6-9)10-7-11(13)15-14-10/h3-7H,1-2H3,(H3,13,14,15). The van der Waals surface area contributed by atoms with Gasteiger partial charge in [0.25, 0.3) is 5.91 Å². The van der Waals surface area contributed by atoms with Crippen molar-refractivity contribution in [1.29, 1.82) is 0 Å². The molecule has 1 heterocycles. The predicted molar refractivity (Wildman–Crippen MR) is 66.5 cm³/mol. The lowest BCUT2D eigenvalue weighted by molar-refractivity contribution is 0.0827. The largest absolute Gasteiger partial charge is 0.382 e. The Hall–Kier alpha value is -2.30. The van der Waals surface area contributed by atoms with Gasteiger partial charge >= 0.3 is 0 Å². The monoisotopic (exact) mass is 230 g/mol. The Morgan fingerprint density at radius 3 is 2.41 bits per heavy atom. The molecular formula is C12H14N4O. The van der Waals surface area contributed by atoms with E-state index in [0.717, 1.165) is 11.3 Å². The van der Waals surface area contributed by atoms with Crippen LogP contribution >= 0.6 is 0 Å². The van der Waals surface area contributed by atoms with Crippen LogP contribution < -0.4 is 5.73 Å². The second-order valence-electron chi connectivity index (χ2n) is 3.98. The van der Waals surface area contributed by atoms with Crippen molar-refractivity contribution in [2.45, 2.75) is 0 Å². The first kappa shape index (κ1) is 11.2. The topological polar surface area (TPSA) is 75.0 Å². The summed E-state index contributed by atoms with van der Waals surface area (Å²) in [6.45, 7) is 0. The number of carbonyl (C=O) groups is 1. The number of nitrogen functional groups attached to an aromatic ring is 1. The number of amides is 1. The highest BCUT2D eigenvalue weighted by Crippen LogP contribution is 2.19. The van der Waals surface area contributed by atoms with Crippen molar-refractivity contribution in [2.24, 2.45) is 0 Å². The van der Waals surface area contributed by atoms with Gasteiger partial charge in [0.2, 0.25) is 0 Å². The lowest BCUT2D eigenvalue weighted by Crippen LogP contribution is -2.21. The number of hydrogen-bond acceptors (Lipinski definition) is 3. The van der Waals surface area contributed by atoms with Gasteiger partial charge in [-0.3, -0.25) is 9.89 Å². The van der Waals surface area contributed by atoms with Crippen LogP contribution in [0.3, 0.4) is 0 Å². The second-order valence-corrected chi connectivity index (χ2v) is 3.98. The van der Waals surface area contributed by atoms with E-state index >= 15 is 0 Å². The van der Waals surface area contributed by atoms with Crippen molar-refractivity contribution >= 4 is 11.7 Å². The van der Waals surface area contributed by atoms with Crippen molar-refractivity contribution in [1.82, 2.24) is 15.1 Å². The minimum absolute atomic E-state index is 0.0133. The number of aromatic nitrogens is 2. The molecule has 5 heteroatoms. The van der Waals surface area contributed by atoms with Gasteiger partial charge in [-0.05, 0) is 17.7 Å². The molecule has 5 nitrogen and oxygen atoms in total. The van der Waals surface area contributed by atoms with Crippen LogP contribution in [0.4, 0.5) is 5.82 Å². The number of nitrogens with one attached hydrogen (secondary N) is 1. The highest BCUT2D eigenvalue weighted by molar-refractivity contribution is 5.94. The molecule has 2 rings (SSSR count). The van der Waals surface area contributed by atoms with Gasteiger partial charge in [0.1, 0.15) is 5.82 Å². The van der Waals surface area contributed by atoms with Gasteiger partial charge in [-0.1, -0.05) is 12.1 Å². The van der Waals surface area contributed by atoms with Crippen LogP contribution in [0.5, 0.6) is 0 Å². The molecular weight excluding hydrogens is 216 g/mol. The van der Waals surface area contributed by atoms with E-state index in [2.05, 4.69) is 10.2 Å². The van der Waals surface area contributed by atoms with Gasteiger partial charge in [0, 0.05) is 25.7 Å². The van der Waals surface area contributed by atoms with Crippen molar-refractivity contribution in [3.63, 3.8) is 0 Å². The smallest absolute Gasteiger partial charge is 0.253 e. The molecule has 0 fully saturated rings. The maximum absolute atomic E-state index is 11.7. The van der Waals surface area contributed by atoms with Crippen molar-refractivity contribution in [2.75, 3.05) is 19.8 Å². The van der Waals surface area contributed by atoms with E-state index < -0.39 is 0 Å². The summed E-state index contributed by atoms with van der Waals surface area (Å²) in [6, 6.07) is 9.06. The van der Waals surface area contributed by atoms with Gasteiger partial charge in [-0.15, -0.1) is 0 Å². The van der Waals surface area contributed by atoms with Gasteiger partial charge in [0.15, 0.2) is 0 Å². The van der Waals surface area contributed by atoms with Crippen LogP contribution in [0, 0.1) is 0 Å². The van der Waals surface area contributed by atoms with Gasteiger partial charge in [-0.2, -0.15) is 5.10 Å². The fraction of sp³-hybridized carbons (Fsp3) is 0.167. The van der Waals surface area contributed by atoms with E-state index in [1.807, 2.05) is 12.1 Å². The third-order valence-corrected chi connectivity index (χ3v) is 2.45. The Balaban J connectivity index is 2.27.